The molecule has 170 valence electrons. The molecule has 30 heavy (non-hydrogen) atoms. The van der Waals surface area contributed by atoms with Gasteiger partial charge in [0.05, 0.1) is 6.54 Å². The second-order valence-electron chi connectivity index (χ2n) is 8.82. The first-order valence-corrected chi connectivity index (χ1v) is 11.0. The van der Waals surface area contributed by atoms with E-state index in [2.05, 4.69) is 48.5 Å². The highest BCUT2D eigenvalue weighted by atomic mass is 127. The Morgan fingerprint density at radius 2 is 1.97 bits per heavy atom. The summed E-state index contributed by atoms with van der Waals surface area (Å²) in [5.41, 5.74) is 1.91. The van der Waals surface area contributed by atoms with Crippen LogP contribution in [0.2, 0.25) is 0 Å². The molecule has 1 saturated heterocycles. The van der Waals surface area contributed by atoms with E-state index in [1.165, 1.54) is 0 Å². The van der Waals surface area contributed by atoms with E-state index in [0.29, 0.717) is 36.9 Å². The van der Waals surface area contributed by atoms with Crippen molar-refractivity contribution in [3.8, 4) is 0 Å². The molecular weight excluding hydrogens is 489 g/mol. The van der Waals surface area contributed by atoms with E-state index >= 15 is 0 Å². The first kappa shape index (κ1) is 26.7. The van der Waals surface area contributed by atoms with Gasteiger partial charge >= 0.3 is 0 Å². The molecule has 2 unspecified atom stereocenters. The fourth-order valence-electron chi connectivity index (χ4n) is 3.61. The molecule has 1 aliphatic rings. The van der Waals surface area contributed by atoms with Crippen LogP contribution < -0.4 is 16.0 Å². The summed E-state index contributed by atoms with van der Waals surface area (Å²) >= 11 is 0. The normalized spacial score (nSPS) is 19.7. The molecule has 0 saturated carbocycles. The first-order chi connectivity index (χ1) is 13.8. The number of aliphatic imine (C=N–C) groups is 1. The van der Waals surface area contributed by atoms with Crippen LogP contribution in [0.15, 0.2) is 29.3 Å². The minimum absolute atomic E-state index is 0. The lowest BCUT2D eigenvalue weighted by molar-refractivity contribution is -0.116. The van der Waals surface area contributed by atoms with Crippen molar-refractivity contribution < 1.29 is 4.79 Å². The monoisotopic (exact) mass is 529 g/mol. The lowest BCUT2D eigenvalue weighted by Crippen LogP contribution is -2.46. The van der Waals surface area contributed by atoms with Gasteiger partial charge in [0.1, 0.15) is 0 Å². The number of guanidine groups is 1. The average molecular weight is 530 g/mol. The molecule has 7 heteroatoms. The van der Waals surface area contributed by atoms with Crippen molar-refractivity contribution in [2.24, 2.45) is 16.8 Å². The molecule has 6 nitrogen and oxygen atoms in total. The third kappa shape index (κ3) is 8.79. The summed E-state index contributed by atoms with van der Waals surface area (Å²) in [6.07, 6.45) is 0.532. The van der Waals surface area contributed by atoms with Crippen molar-refractivity contribution in [2.75, 3.05) is 25.0 Å². The molecule has 1 heterocycles. The number of carbonyl (C=O) groups is 1. The Labute approximate surface area is 199 Å². The molecule has 1 fully saturated rings. The predicted octanol–water partition coefficient (Wildman–Crippen LogP) is 4.07. The van der Waals surface area contributed by atoms with Gasteiger partial charge in [-0.25, -0.2) is 4.99 Å². The zero-order valence-electron chi connectivity index (χ0n) is 19.4. The van der Waals surface area contributed by atoms with Gasteiger partial charge in [-0.05, 0) is 50.3 Å². The number of amides is 1. The Morgan fingerprint density at radius 1 is 1.23 bits per heavy atom. The third-order valence-electron chi connectivity index (χ3n) is 5.26. The van der Waals surface area contributed by atoms with Gasteiger partial charge in [-0.2, -0.15) is 0 Å². The molecule has 0 aromatic heterocycles. The summed E-state index contributed by atoms with van der Waals surface area (Å²) < 4.78 is 0. The Kier molecular flexibility index (Phi) is 11.7. The second-order valence-corrected chi connectivity index (χ2v) is 8.82. The number of benzene rings is 1. The van der Waals surface area contributed by atoms with Crippen molar-refractivity contribution in [2.45, 2.75) is 66.6 Å². The number of likely N-dealkylation sites (tertiary alicyclic amines) is 1. The number of anilines is 1. The number of nitrogens with zero attached hydrogens (tertiary/aromatic N) is 2. The van der Waals surface area contributed by atoms with Crippen molar-refractivity contribution in [1.82, 2.24) is 15.5 Å². The largest absolute Gasteiger partial charge is 0.357 e. The van der Waals surface area contributed by atoms with Crippen LogP contribution in [0.25, 0.3) is 0 Å². The number of nitrogens with one attached hydrogen (secondary N) is 3. The summed E-state index contributed by atoms with van der Waals surface area (Å²) in [6, 6.07) is 8.91. The maximum Gasteiger partial charge on any atom is 0.224 e. The Balaban J connectivity index is 0.00000450. The number of hydrogen-bond donors (Lipinski definition) is 3. The number of halogens is 1. The first-order valence-electron chi connectivity index (χ1n) is 11.0. The van der Waals surface area contributed by atoms with Gasteiger partial charge in [-0.1, -0.05) is 32.9 Å². The molecule has 0 spiro atoms. The number of hydrogen-bond acceptors (Lipinski definition) is 3. The van der Waals surface area contributed by atoms with E-state index in [9.17, 15) is 4.79 Å². The quantitative estimate of drug-likeness (QED) is 0.270. The number of carbonyl (C=O) groups excluding carboxylic acids is 1. The highest BCUT2D eigenvalue weighted by Gasteiger charge is 2.31. The maximum absolute atomic E-state index is 12.0. The van der Waals surface area contributed by atoms with Gasteiger partial charge in [0.2, 0.25) is 5.91 Å². The highest BCUT2D eigenvalue weighted by molar-refractivity contribution is 14.0. The van der Waals surface area contributed by atoms with Gasteiger partial charge in [0.15, 0.2) is 5.96 Å². The highest BCUT2D eigenvalue weighted by Crippen LogP contribution is 2.19. The van der Waals surface area contributed by atoms with E-state index in [1.54, 1.807) is 0 Å². The van der Waals surface area contributed by atoms with Crippen LogP contribution in [0.3, 0.4) is 0 Å². The van der Waals surface area contributed by atoms with Crippen LogP contribution in [0.5, 0.6) is 0 Å². The van der Waals surface area contributed by atoms with E-state index in [-0.39, 0.29) is 29.9 Å². The molecule has 1 aromatic carbocycles. The van der Waals surface area contributed by atoms with Crippen LogP contribution in [-0.2, 0) is 11.3 Å². The van der Waals surface area contributed by atoms with E-state index in [4.69, 9.17) is 4.99 Å². The van der Waals surface area contributed by atoms with Gasteiger partial charge in [-0.15, -0.1) is 24.0 Å². The fourth-order valence-corrected chi connectivity index (χ4v) is 3.61. The zero-order valence-corrected chi connectivity index (χ0v) is 21.7. The van der Waals surface area contributed by atoms with Gasteiger partial charge < -0.3 is 16.0 Å². The Morgan fingerprint density at radius 3 is 2.57 bits per heavy atom. The summed E-state index contributed by atoms with van der Waals surface area (Å²) in [5, 5.41) is 9.96. The maximum atomic E-state index is 12.0. The molecule has 2 atom stereocenters. The van der Waals surface area contributed by atoms with E-state index in [0.717, 1.165) is 36.8 Å². The molecule has 0 aliphatic carbocycles. The summed E-state index contributed by atoms with van der Waals surface area (Å²) in [4.78, 5) is 19.3. The summed E-state index contributed by atoms with van der Waals surface area (Å²) in [5.74, 6) is 1.84. The Bertz CT molecular complexity index is 692. The van der Waals surface area contributed by atoms with Gasteiger partial charge in [0.25, 0.3) is 0 Å². The standard InChI is InChI=1S/C23H39N5O.HI/c1-7-24-23(27-21-15-28(17(4)5)14-18(21)6)25-13-19-9-8-10-20(12-19)26-22(29)11-16(2)3;/h8-10,12,16-18,21H,7,11,13-15H2,1-6H3,(H,26,29)(H2,24,25,27);1H. The minimum atomic E-state index is 0. The number of rotatable bonds is 8. The molecule has 0 radical (unpaired) electrons. The smallest absolute Gasteiger partial charge is 0.224 e. The molecular formula is C23H40IN5O. The molecule has 1 aromatic rings. The van der Waals surface area contributed by atoms with E-state index in [1.807, 2.05) is 38.1 Å². The van der Waals surface area contributed by atoms with Crippen molar-refractivity contribution in [3.05, 3.63) is 29.8 Å². The molecule has 2 rings (SSSR count). The van der Waals surface area contributed by atoms with E-state index < -0.39 is 0 Å². The molecule has 0 bridgehead atoms. The van der Waals surface area contributed by atoms with Crippen LogP contribution in [0.1, 0.15) is 53.5 Å². The lowest BCUT2D eigenvalue weighted by atomic mass is 10.1. The van der Waals surface area contributed by atoms with Crippen LogP contribution in [-0.4, -0.2) is 48.5 Å². The second kappa shape index (κ2) is 13.1. The topological polar surface area (TPSA) is 68.8 Å². The van der Waals surface area contributed by atoms with Gasteiger partial charge in [0, 0.05) is 43.8 Å². The zero-order chi connectivity index (χ0) is 21.4. The summed E-state index contributed by atoms with van der Waals surface area (Å²) in [6.45, 7) is 16.5. The third-order valence-corrected chi connectivity index (χ3v) is 5.26. The SMILES string of the molecule is CCNC(=NCc1cccc(NC(=O)CC(C)C)c1)NC1CN(C(C)C)CC1C.I. The minimum Gasteiger partial charge on any atom is -0.357 e. The lowest BCUT2D eigenvalue weighted by Gasteiger charge is -2.22. The Hall–Kier alpha value is -1.35. The fraction of sp³-hybridized carbons (Fsp3) is 0.652. The van der Waals surface area contributed by atoms with Gasteiger partial charge in [-0.3, -0.25) is 9.69 Å². The summed E-state index contributed by atoms with van der Waals surface area (Å²) in [7, 11) is 0. The van der Waals surface area contributed by atoms with Crippen LogP contribution >= 0.6 is 24.0 Å². The molecule has 3 N–H and O–H groups in total. The average Bonchev–Trinajstić information content (AvgIpc) is 3.00. The van der Waals surface area contributed by atoms with Crippen molar-refractivity contribution in [3.63, 3.8) is 0 Å². The van der Waals surface area contributed by atoms with Crippen molar-refractivity contribution in [1.29, 1.82) is 0 Å². The molecule has 1 aliphatic heterocycles. The predicted molar refractivity (Wildman–Crippen MR) is 138 cm³/mol. The molecule has 1 amide bonds. The van der Waals surface area contributed by atoms with Crippen LogP contribution in [0.4, 0.5) is 5.69 Å². The van der Waals surface area contributed by atoms with Crippen molar-refractivity contribution >= 4 is 41.5 Å². The van der Waals surface area contributed by atoms with Crippen LogP contribution in [0, 0.1) is 11.8 Å².